The van der Waals surface area contributed by atoms with Crippen LogP contribution in [-0.2, 0) is 4.79 Å². The average Bonchev–Trinajstić information content (AvgIpc) is 2.45. The van der Waals surface area contributed by atoms with E-state index < -0.39 is 0 Å². The van der Waals surface area contributed by atoms with Gasteiger partial charge >= 0.3 is 0 Å². The zero-order valence-electron chi connectivity index (χ0n) is 12.7. The molecule has 116 valence electrons. The molecule has 2 aromatic rings. The number of nitrogens with one attached hydrogen (secondary N) is 2. The van der Waals surface area contributed by atoms with E-state index >= 15 is 0 Å². The average molecular weight is 319 g/mol. The van der Waals surface area contributed by atoms with Gasteiger partial charge in [0.1, 0.15) is 0 Å². The van der Waals surface area contributed by atoms with Crippen molar-refractivity contribution in [3.8, 4) is 0 Å². The molecule has 0 atom stereocenters. The lowest BCUT2D eigenvalue weighted by molar-refractivity contribution is -0.116. The van der Waals surface area contributed by atoms with Crippen LogP contribution in [0.15, 0.2) is 30.3 Å². The van der Waals surface area contributed by atoms with E-state index in [1.807, 2.05) is 19.9 Å². The van der Waals surface area contributed by atoms with Crippen LogP contribution in [0, 0.1) is 13.8 Å². The summed E-state index contributed by atoms with van der Waals surface area (Å²) in [5, 5.41) is 6.61. The summed E-state index contributed by atoms with van der Waals surface area (Å²) in [5.74, 6) is 0.584. The van der Waals surface area contributed by atoms with Crippen LogP contribution in [0.4, 0.5) is 11.6 Å². The Morgan fingerprint density at radius 3 is 2.41 bits per heavy atom. The third kappa shape index (κ3) is 5.33. The van der Waals surface area contributed by atoms with Crippen LogP contribution in [0.2, 0.25) is 5.02 Å². The highest BCUT2D eigenvalue weighted by Crippen LogP contribution is 2.13. The molecule has 1 aromatic carbocycles. The summed E-state index contributed by atoms with van der Waals surface area (Å²) in [6, 6.07) is 8.97. The summed E-state index contributed by atoms with van der Waals surface area (Å²) in [7, 11) is 0. The maximum atomic E-state index is 11.8. The Morgan fingerprint density at radius 2 is 1.77 bits per heavy atom. The van der Waals surface area contributed by atoms with Crippen LogP contribution in [0.3, 0.4) is 0 Å². The molecule has 1 aromatic heterocycles. The Balaban J connectivity index is 1.71. The number of amides is 1. The van der Waals surface area contributed by atoms with Crippen molar-refractivity contribution >= 4 is 29.1 Å². The van der Waals surface area contributed by atoms with Crippen LogP contribution < -0.4 is 10.6 Å². The van der Waals surface area contributed by atoms with Crippen molar-refractivity contribution in [3.63, 3.8) is 0 Å². The largest absolute Gasteiger partial charge is 0.354 e. The highest BCUT2D eigenvalue weighted by molar-refractivity contribution is 6.30. The molecule has 0 fully saturated rings. The van der Waals surface area contributed by atoms with Gasteiger partial charge in [0.05, 0.1) is 0 Å². The van der Waals surface area contributed by atoms with Crippen LogP contribution >= 0.6 is 11.6 Å². The molecular formula is C16H19ClN4O. The van der Waals surface area contributed by atoms with Gasteiger partial charge in [0.15, 0.2) is 0 Å². The zero-order valence-corrected chi connectivity index (χ0v) is 13.4. The molecule has 6 heteroatoms. The van der Waals surface area contributed by atoms with Crippen molar-refractivity contribution in [1.82, 2.24) is 9.97 Å². The fraction of sp³-hybridized carbons (Fsp3) is 0.312. The molecule has 0 radical (unpaired) electrons. The molecule has 0 saturated carbocycles. The van der Waals surface area contributed by atoms with Crippen molar-refractivity contribution < 1.29 is 4.79 Å². The lowest BCUT2D eigenvalue weighted by Crippen LogP contribution is -2.14. The first kappa shape index (κ1) is 16.2. The van der Waals surface area contributed by atoms with Crippen LogP contribution in [0.5, 0.6) is 0 Å². The first-order valence-corrected chi connectivity index (χ1v) is 7.52. The molecule has 0 unspecified atom stereocenters. The maximum absolute atomic E-state index is 11.8. The first-order chi connectivity index (χ1) is 10.5. The third-order valence-electron chi connectivity index (χ3n) is 2.97. The number of rotatable bonds is 6. The van der Waals surface area contributed by atoms with E-state index in [0.717, 1.165) is 17.1 Å². The lowest BCUT2D eigenvalue weighted by Gasteiger charge is -2.07. The van der Waals surface area contributed by atoms with Gasteiger partial charge in [0, 0.05) is 35.1 Å². The number of hydrogen-bond donors (Lipinski definition) is 2. The van der Waals surface area contributed by atoms with Crippen molar-refractivity contribution in [2.45, 2.75) is 26.7 Å². The minimum atomic E-state index is -0.0227. The summed E-state index contributed by atoms with van der Waals surface area (Å²) in [5.41, 5.74) is 2.60. The standard InChI is InChI=1S/C16H19ClN4O/c1-11-10-12(2)20-16(19-11)18-9-3-4-15(22)21-14-7-5-13(17)6-8-14/h5-8,10H,3-4,9H2,1-2H3,(H,21,22)(H,18,19,20). The molecule has 22 heavy (non-hydrogen) atoms. The molecule has 0 saturated heterocycles. The minimum absolute atomic E-state index is 0.0227. The normalized spacial score (nSPS) is 10.3. The number of benzene rings is 1. The van der Waals surface area contributed by atoms with E-state index in [-0.39, 0.29) is 5.91 Å². The number of carbonyl (C=O) groups excluding carboxylic acids is 1. The molecule has 1 heterocycles. The van der Waals surface area contributed by atoms with Crippen molar-refractivity contribution in [3.05, 3.63) is 46.7 Å². The molecule has 0 bridgehead atoms. The monoisotopic (exact) mass is 318 g/mol. The second kappa shape index (κ2) is 7.75. The van der Waals surface area contributed by atoms with Gasteiger partial charge in [-0.15, -0.1) is 0 Å². The van der Waals surface area contributed by atoms with Gasteiger partial charge in [-0.2, -0.15) is 0 Å². The maximum Gasteiger partial charge on any atom is 0.224 e. The van der Waals surface area contributed by atoms with E-state index in [1.165, 1.54) is 0 Å². The number of hydrogen-bond acceptors (Lipinski definition) is 4. The number of carbonyl (C=O) groups is 1. The number of halogens is 1. The Hall–Kier alpha value is -2.14. The molecule has 5 nitrogen and oxygen atoms in total. The summed E-state index contributed by atoms with van der Waals surface area (Å²) >= 11 is 5.80. The Morgan fingerprint density at radius 1 is 1.14 bits per heavy atom. The number of aryl methyl sites for hydroxylation is 2. The van der Waals surface area contributed by atoms with Crippen molar-refractivity contribution in [1.29, 1.82) is 0 Å². The SMILES string of the molecule is Cc1cc(C)nc(NCCCC(=O)Nc2ccc(Cl)cc2)n1. The smallest absolute Gasteiger partial charge is 0.224 e. The van der Waals surface area contributed by atoms with Crippen LogP contribution in [0.1, 0.15) is 24.2 Å². The molecule has 0 aliphatic rings. The predicted octanol–water partition coefficient (Wildman–Crippen LogP) is 3.58. The van der Waals surface area contributed by atoms with Crippen molar-refractivity contribution in [2.75, 3.05) is 17.2 Å². The summed E-state index contributed by atoms with van der Waals surface area (Å²) in [6.45, 7) is 4.51. The molecule has 2 rings (SSSR count). The number of aromatic nitrogens is 2. The fourth-order valence-corrected chi connectivity index (χ4v) is 2.14. The van der Waals surface area contributed by atoms with Gasteiger partial charge in [-0.25, -0.2) is 9.97 Å². The lowest BCUT2D eigenvalue weighted by atomic mass is 10.2. The molecule has 2 N–H and O–H groups in total. The van der Waals surface area contributed by atoms with Gasteiger partial charge in [-0.1, -0.05) is 11.6 Å². The minimum Gasteiger partial charge on any atom is -0.354 e. The molecule has 0 aliphatic heterocycles. The van der Waals surface area contributed by atoms with Gasteiger partial charge in [0.2, 0.25) is 11.9 Å². The van der Waals surface area contributed by atoms with Gasteiger partial charge < -0.3 is 10.6 Å². The molecule has 0 spiro atoms. The Kier molecular flexibility index (Phi) is 5.72. The second-order valence-corrected chi connectivity index (χ2v) is 5.50. The second-order valence-electron chi connectivity index (χ2n) is 5.06. The van der Waals surface area contributed by atoms with E-state index in [9.17, 15) is 4.79 Å². The van der Waals surface area contributed by atoms with Crippen LogP contribution in [-0.4, -0.2) is 22.4 Å². The number of nitrogens with zero attached hydrogens (tertiary/aromatic N) is 2. The van der Waals surface area contributed by atoms with E-state index in [4.69, 9.17) is 11.6 Å². The first-order valence-electron chi connectivity index (χ1n) is 7.14. The van der Waals surface area contributed by atoms with Gasteiger partial charge in [0.25, 0.3) is 0 Å². The Bertz CT molecular complexity index is 623. The highest BCUT2D eigenvalue weighted by atomic mass is 35.5. The summed E-state index contributed by atoms with van der Waals surface area (Å²) in [4.78, 5) is 20.4. The quantitative estimate of drug-likeness (QED) is 0.799. The highest BCUT2D eigenvalue weighted by Gasteiger charge is 2.03. The predicted molar refractivity (Wildman–Crippen MR) is 89.3 cm³/mol. The summed E-state index contributed by atoms with van der Waals surface area (Å²) < 4.78 is 0. The molecular weight excluding hydrogens is 300 g/mol. The van der Waals surface area contributed by atoms with E-state index in [1.54, 1.807) is 24.3 Å². The summed E-state index contributed by atoms with van der Waals surface area (Å²) in [6.07, 6.45) is 1.14. The topological polar surface area (TPSA) is 66.9 Å². The van der Waals surface area contributed by atoms with Crippen LogP contribution in [0.25, 0.3) is 0 Å². The third-order valence-corrected chi connectivity index (χ3v) is 3.23. The Labute approximate surface area is 135 Å². The van der Waals surface area contributed by atoms with Gasteiger partial charge in [-0.05, 0) is 50.6 Å². The zero-order chi connectivity index (χ0) is 15.9. The fourth-order valence-electron chi connectivity index (χ4n) is 2.01. The molecule has 1 amide bonds. The molecule has 0 aliphatic carbocycles. The van der Waals surface area contributed by atoms with E-state index in [2.05, 4.69) is 20.6 Å². The number of anilines is 2. The van der Waals surface area contributed by atoms with Gasteiger partial charge in [-0.3, -0.25) is 4.79 Å². The van der Waals surface area contributed by atoms with Crippen molar-refractivity contribution in [2.24, 2.45) is 0 Å². The van der Waals surface area contributed by atoms with E-state index in [0.29, 0.717) is 30.4 Å².